The molecule has 0 amide bonds. The Morgan fingerprint density at radius 2 is 2.31 bits per heavy atom. The van der Waals surface area contributed by atoms with Crippen LogP contribution in [0.5, 0.6) is 0 Å². The lowest BCUT2D eigenvalue weighted by Gasteiger charge is -2.23. The van der Waals surface area contributed by atoms with E-state index < -0.39 is 0 Å². The van der Waals surface area contributed by atoms with Crippen LogP contribution in [0.2, 0.25) is 0 Å². The first-order valence-corrected chi connectivity index (χ1v) is 6.05. The van der Waals surface area contributed by atoms with Gasteiger partial charge >= 0.3 is 0 Å². The average molecular weight is 220 g/mol. The van der Waals surface area contributed by atoms with E-state index in [1.54, 1.807) is 0 Å². The second-order valence-corrected chi connectivity index (χ2v) is 4.30. The molecule has 88 valence electrons. The highest BCUT2D eigenvalue weighted by molar-refractivity contribution is 5.48. The number of unbranched alkanes of at least 4 members (excludes halogenated alkanes) is 1. The van der Waals surface area contributed by atoms with Crippen LogP contribution in [0.4, 0.5) is 11.6 Å². The number of pyridine rings is 1. The molecule has 16 heavy (non-hydrogen) atoms. The molecular weight excluding hydrogens is 200 g/mol. The molecule has 0 spiro atoms. The molecule has 1 aromatic rings. The van der Waals surface area contributed by atoms with Gasteiger partial charge in [-0.2, -0.15) is 0 Å². The van der Waals surface area contributed by atoms with Crippen molar-refractivity contribution in [1.29, 1.82) is 0 Å². The zero-order chi connectivity index (χ0) is 11.4. The van der Waals surface area contributed by atoms with Crippen molar-refractivity contribution >= 4 is 11.6 Å². The minimum absolute atomic E-state index is 0.701. The van der Waals surface area contributed by atoms with Crippen LogP contribution >= 0.6 is 0 Å². The molecular formula is C12H20N4. The molecule has 0 aromatic carbocycles. The van der Waals surface area contributed by atoms with Gasteiger partial charge in [0, 0.05) is 12.6 Å². The monoisotopic (exact) mass is 220 g/mol. The summed E-state index contributed by atoms with van der Waals surface area (Å²) < 4.78 is 0. The van der Waals surface area contributed by atoms with Gasteiger partial charge in [-0.05, 0) is 31.4 Å². The fraction of sp³-hybridized carbons (Fsp3) is 0.583. The summed E-state index contributed by atoms with van der Waals surface area (Å²) in [5.41, 5.74) is 2.60. The number of anilines is 2. The zero-order valence-corrected chi connectivity index (χ0v) is 9.82. The molecule has 4 heteroatoms. The predicted octanol–water partition coefficient (Wildman–Crippen LogP) is 2.14. The summed E-state index contributed by atoms with van der Waals surface area (Å²) in [4.78, 5) is 6.90. The lowest BCUT2D eigenvalue weighted by Crippen LogP contribution is -2.28. The SMILES string of the molecule is CCCCN(c1cccc(NN)n1)C1CC1. The lowest BCUT2D eigenvalue weighted by molar-refractivity contribution is 0.705. The highest BCUT2D eigenvalue weighted by Crippen LogP contribution is 2.31. The van der Waals surface area contributed by atoms with Crippen LogP contribution < -0.4 is 16.2 Å². The third-order valence-electron chi connectivity index (χ3n) is 2.92. The van der Waals surface area contributed by atoms with Gasteiger partial charge in [0.05, 0.1) is 0 Å². The molecule has 0 aliphatic heterocycles. The first kappa shape index (κ1) is 11.2. The second kappa shape index (κ2) is 5.16. The maximum absolute atomic E-state index is 5.38. The number of nitrogen functional groups attached to an aromatic ring is 1. The Bertz CT molecular complexity index is 336. The molecule has 1 aromatic heterocycles. The summed E-state index contributed by atoms with van der Waals surface area (Å²) in [6.45, 7) is 3.32. The molecule has 3 N–H and O–H groups in total. The van der Waals surface area contributed by atoms with Crippen LogP contribution in [0.1, 0.15) is 32.6 Å². The lowest BCUT2D eigenvalue weighted by atomic mass is 10.3. The smallest absolute Gasteiger partial charge is 0.142 e. The van der Waals surface area contributed by atoms with Gasteiger partial charge in [0.2, 0.25) is 0 Å². The molecule has 0 saturated heterocycles. The fourth-order valence-electron chi connectivity index (χ4n) is 1.86. The summed E-state index contributed by atoms with van der Waals surface area (Å²) in [6, 6.07) is 6.65. The van der Waals surface area contributed by atoms with Gasteiger partial charge in [0.1, 0.15) is 11.6 Å². The molecule has 1 heterocycles. The molecule has 0 radical (unpaired) electrons. The van der Waals surface area contributed by atoms with Crippen molar-refractivity contribution < 1.29 is 0 Å². The third kappa shape index (κ3) is 2.64. The average Bonchev–Trinajstić information content (AvgIpc) is 3.14. The normalized spacial score (nSPS) is 14.9. The first-order chi connectivity index (χ1) is 7.85. The Morgan fingerprint density at radius 3 is 2.94 bits per heavy atom. The fourth-order valence-corrected chi connectivity index (χ4v) is 1.86. The highest BCUT2D eigenvalue weighted by Gasteiger charge is 2.29. The maximum Gasteiger partial charge on any atom is 0.142 e. The molecule has 0 bridgehead atoms. The standard InChI is InChI=1S/C12H20N4/c1-2-3-9-16(10-7-8-10)12-6-4-5-11(14-12)15-13/h4-6,10H,2-3,7-9,13H2,1H3,(H,14,15). The van der Waals surface area contributed by atoms with Crippen LogP contribution in [0.15, 0.2) is 18.2 Å². The summed E-state index contributed by atoms with van der Waals surface area (Å²) in [5.74, 6) is 7.16. The van der Waals surface area contributed by atoms with Crippen molar-refractivity contribution in [3.8, 4) is 0 Å². The summed E-state index contributed by atoms with van der Waals surface area (Å²) in [5, 5.41) is 0. The first-order valence-electron chi connectivity index (χ1n) is 6.05. The Labute approximate surface area is 96.8 Å². The van der Waals surface area contributed by atoms with Crippen molar-refractivity contribution in [2.24, 2.45) is 5.84 Å². The van der Waals surface area contributed by atoms with Crippen molar-refractivity contribution in [2.75, 3.05) is 16.9 Å². The zero-order valence-electron chi connectivity index (χ0n) is 9.82. The van der Waals surface area contributed by atoms with Crippen LogP contribution in [0.25, 0.3) is 0 Å². The second-order valence-electron chi connectivity index (χ2n) is 4.30. The third-order valence-corrected chi connectivity index (χ3v) is 2.92. The van der Waals surface area contributed by atoms with Gasteiger partial charge in [-0.25, -0.2) is 10.8 Å². The Kier molecular flexibility index (Phi) is 3.62. The quantitative estimate of drug-likeness (QED) is 0.569. The van der Waals surface area contributed by atoms with Crippen molar-refractivity contribution in [3.63, 3.8) is 0 Å². The number of nitrogens with zero attached hydrogens (tertiary/aromatic N) is 2. The van der Waals surface area contributed by atoms with Crippen molar-refractivity contribution in [3.05, 3.63) is 18.2 Å². The van der Waals surface area contributed by atoms with Crippen molar-refractivity contribution in [1.82, 2.24) is 4.98 Å². The van der Waals surface area contributed by atoms with Gasteiger partial charge in [0.15, 0.2) is 0 Å². The minimum atomic E-state index is 0.701. The van der Waals surface area contributed by atoms with E-state index in [-0.39, 0.29) is 0 Å². The van der Waals surface area contributed by atoms with E-state index >= 15 is 0 Å². The van der Waals surface area contributed by atoms with Gasteiger partial charge in [0.25, 0.3) is 0 Å². The Morgan fingerprint density at radius 1 is 1.50 bits per heavy atom. The molecule has 2 rings (SSSR count). The number of hydrogen-bond donors (Lipinski definition) is 2. The Hall–Kier alpha value is -1.29. The van der Waals surface area contributed by atoms with Crippen LogP contribution in [-0.4, -0.2) is 17.6 Å². The van der Waals surface area contributed by atoms with E-state index in [9.17, 15) is 0 Å². The van der Waals surface area contributed by atoms with Gasteiger partial charge in [-0.3, -0.25) is 0 Å². The largest absolute Gasteiger partial charge is 0.354 e. The molecule has 4 nitrogen and oxygen atoms in total. The predicted molar refractivity (Wildman–Crippen MR) is 67.3 cm³/mol. The van der Waals surface area contributed by atoms with E-state index in [0.29, 0.717) is 6.04 Å². The molecule has 1 saturated carbocycles. The highest BCUT2D eigenvalue weighted by atomic mass is 15.3. The van der Waals surface area contributed by atoms with Crippen LogP contribution in [-0.2, 0) is 0 Å². The number of hydrazine groups is 1. The summed E-state index contributed by atoms with van der Waals surface area (Å²) in [7, 11) is 0. The van der Waals surface area contributed by atoms with Crippen molar-refractivity contribution in [2.45, 2.75) is 38.6 Å². The topological polar surface area (TPSA) is 54.2 Å². The van der Waals surface area contributed by atoms with Crippen LogP contribution in [0, 0.1) is 0 Å². The number of nitrogens with one attached hydrogen (secondary N) is 1. The number of rotatable bonds is 6. The van der Waals surface area contributed by atoms with E-state index in [0.717, 1.165) is 18.2 Å². The van der Waals surface area contributed by atoms with Gasteiger partial charge in [-0.1, -0.05) is 19.4 Å². The Balaban J connectivity index is 2.10. The molecule has 1 fully saturated rings. The summed E-state index contributed by atoms with van der Waals surface area (Å²) in [6.07, 6.45) is 5.04. The van der Waals surface area contributed by atoms with Gasteiger partial charge in [-0.15, -0.1) is 0 Å². The van der Waals surface area contributed by atoms with Gasteiger partial charge < -0.3 is 10.3 Å². The molecule has 1 aliphatic rings. The molecule has 0 unspecified atom stereocenters. The van der Waals surface area contributed by atoms with E-state index in [1.165, 1.54) is 25.7 Å². The minimum Gasteiger partial charge on any atom is -0.354 e. The van der Waals surface area contributed by atoms with E-state index in [2.05, 4.69) is 28.3 Å². The van der Waals surface area contributed by atoms with E-state index in [1.807, 2.05) is 12.1 Å². The number of hydrogen-bond acceptors (Lipinski definition) is 4. The number of aromatic nitrogens is 1. The summed E-state index contributed by atoms with van der Waals surface area (Å²) >= 11 is 0. The number of nitrogens with two attached hydrogens (primary N) is 1. The molecule has 0 atom stereocenters. The maximum atomic E-state index is 5.38. The van der Waals surface area contributed by atoms with E-state index in [4.69, 9.17) is 5.84 Å². The van der Waals surface area contributed by atoms with Crippen LogP contribution in [0.3, 0.4) is 0 Å². The molecule has 1 aliphatic carbocycles.